The molecular formula is C11H17N3O. The maximum atomic E-state index is 11.8. The lowest BCUT2D eigenvalue weighted by Crippen LogP contribution is -2.40. The third-order valence-electron chi connectivity index (χ3n) is 2.34. The van der Waals surface area contributed by atoms with Crippen LogP contribution in [0.15, 0.2) is 18.3 Å². The fraction of sp³-hybridized carbons (Fsp3) is 0.455. The molecule has 0 fully saturated rings. The summed E-state index contributed by atoms with van der Waals surface area (Å²) in [7, 11) is 0. The number of nitrogens with zero attached hydrogens (tertiary/aromatic N) is 1. The minimum Gasteiger partial charge on any atom is -0.347 e. The molecule has 1 heterocycles. The number of nitrogens with one attached hydrogen (secondary N) is 1. The van der Waals surface area contributed by atoms with Crippen molar-refractivity contribution in [1.29, 1.82) is 0 Å². The van der Waals surface area contributed by atoms with E-state index in [9.17, 15) is 4.79 Å². The number of hydrogen-bond donors (Lipinski definition) is 2. The largest absolute Gasteiger partial charge is 0.347 e. The summed E-state index contributed by atoms with van der Waals surface area (Å²) in [6.45, 7) is 4.31. The van der Waals surface area contributed by atoms with Gasteiger partial charge in [-0.2, -0.15) is 0 Å². The minimum absolute atomic E-state index is 0.0268. The highest BCUT2D eigenvalue weighted by Gasteiger charge is 2.13. The highest BCUT2D eigenvalue weighted by molar-refractivity contribution is 5.93. The van der Waals surface area contributed by atoms with Crippen LogP contribution in [-0.4, -0.2) is 23.5 Å². The molecule has 0 radical (unpaired) electrons. The van der Waals surface area contributed by atoms with Crippen molar-refractivity contribution in [2.24, 2.45) is 5.73 Å². The van der Waals surface area contributed by atoms with E-state index in [0.29, 0.717) is 12.2 Å². The molecule has 0 aliphatic rings. The topological polar surface area (TPSA) is 68.0 Å². The molecule has 82 valence electrons. The second kappa shape index (κ2) is 5.46. The Morgan fingerprint density at radius 2 is 2.40 bits per heavy atom. The van der Waals surface area contributed by atoms with Gasteiger partial charge in [-0.25, -0.2) is 0 Å². The molecule has 1 atom stereocenters. The van der Waals surface area contributed by atoms with Crippen molar-refractivity contribution >= 4 is 5.91 Å². The molecule has 4 nitrogen and oxygen atoms in total. The van der Waals surface area contributed by atoms with E-state index in [1.807, 2.05) is 26.0 Å². The number of amides is 1. The van der Waals surface area contributed by atoms with Crippen LogP contribution in [0.4, 0.5) is 0 Å². The van der Waals surface area contributed by atoms with Crippen LogP contribution in [0.1, 0.15) is 29.4 Å². The number of carbonyl (C=O) groups excluding carboxylic acids is 1. The van der Waals surface area contributed by atoms with Crippen LogP contribution in [-0.2, 0) is 0 Å². The Kier molecular flexibility index (Phi) is 4.24. The standard InChI is InChI=1S/C11H17N3O/c1-3-9(7-12)14-11(15)10-8(2)5-4-6-13-10/h4-6,9H,3,7,12H2,1-2H3,(H,14,15). The second-order valence-corrected chi connectivity index (χ2v) is 3.48. The van der Waals surface area contributed by atoms with Crippen molar-refractivity contribution in [3.8, 4) is 0 Å². The Labute approximate surface area is 89.9 Å². The maximum absolute atomic E-state index is 11.8. The van der Waals surface area contributed by atoms with Crippen molar-refractivity contribution in [1.82, 2.24) is 10.3 Å². The van der Waals surface area contributed by atoms with Gasteiger partial charge in [0.05, 0.1) is 0 Å². The monoisotopic (exact) mass is 207 g/mol. The molecule has 0 aliphatic heterocycles. The minimum atomic E-state index is -0.148. The van der Waals surface area contributed by atoms with Crippen LogP contribution in [0.5, 0.6) is 0 Å². The SMILES string of the molecule is CCC(CN)NC(=O)c1ncccc1C. The summed E-state index contributed by atoms with van der Waals surface area (Å²) in [4.78, 5) is 15.8. The Bertz CT molecular complexity index is 334. The van der Waals surface area contributed by atoms with Gasteiger partial charge >= 0.3 is 0 Å². The van der Waals surface area contributed by atoms with Gasteiger partial charge in [-0.05, 0) is 25.0 Å². The molecule has 15 heavy (non-hydrogen) atoms. The number of rotatable bonds is 4. The summed E-state index contributed by atoms with van der Waals surface area (Å²) in [6.07, 6.45) is 2.44. The summed E-state index contributed by atoms with van der Waals surface area (Å²) in [5.74, 6) is -0.148. The van der Waals surface area contributed by atoms with E-state index in [4.69, 9.17) is 5.73 Å². The van der Waals surface area contributed by atoms with Gasteiger partial charge in [0.25, 0.3) is 5.91 Å². The summed E-state index contributed by atoms with van der Waals surface area (Å²) >= 11 is 0. The third-order valence-corrected chi connectivity index (χ3v) is 2.34. The number of aryl methyl sites for hydroxylation is 1. The molecule has 0 bridgehead atoms. The fourth-order valence-corrected chi connectivity index (χ4v) is 1.30. The van der Waals surface area contributed by atoms with E-state index in [1.54, 1.807) is 6.20 Å². The lowest BCUT2D eigenvalue weighted by molar-refractivity contribution is 0.0931. The molecular weight excluding hydrogens is 190 g/mol. The van der Waals surface area contributed by atoms with Crippen LogP contribution in [0.3, 0.4) is 0 Å². The van der Waals surface area contributed by atoms with Crippen LogP contribution >= 0.6 is 0 Å². The molecule has 3 N–H and O–H groups in total. The van der Waals surface area contributed by atoms with Crippen molar-refractivity contribution in [3.05, 3.63) is 29.6 Å². The summed E-state index contributed by atoms with van der Waals surface area (Å²) in [5.41, 5.74) is 6.87. The molecule has 1 rings (SSSR count). The van der Waals surface area contributed by atoms with Crippen LogP contribution in [0, 0.1) is 6.92 Å². The lowest BCUT2D eigenvalue weighted by Gasteiger charge is -2.14. The molecule has 0 spiro atoms. The predicted octanol–water partition coefficient (Wildman–Crippen LogP) is 0.857. The summed E-state index contributed by atoms with van der Waals surface area (Å²) in [5, 5.41) is 2.85. The van der Waals surface area contributed by atoms with E-state index in [0.717, 1.165) is 12.0 Å². The highest BCUT2D eigenvalue weighted by Crippen LogP contribution is 2.03. The first-order valence-corrected chi connectivity index (χ1v) is 5.11. The van der Waals surface area contributed by atoms with Gasteiger partial charge in [-0.3, -0.25) is 9.78 Å². The number of aromatic nitrogens is 1. The number of nitrogens with two attached hydrogens (primary N) is 1. The van der Waals surface area contributed by atoms with Gasteiger partial charge in [0, 0.05) is 18.8 Å². The molecule has 1 amide bonds. The Morgan fingerprint density at radius 3 is 2.93 bits per heavy atom. The predicted molar refractivity (Wildman–Crippen MR) is 59.6 cm³/mol. The number of pyridine rings is 1. The average molecular weight is 207 g/mol. The van der Waals surface area contributed by atoms with Crippen LogP contribution in [0.25, 0.3) is 0 Å². The third kappa shape index (κ3) is 3.02. The van der Waals surface area contributed by atoms with Crippen molar-refractivity contribution in [3.63, 3.8) is 0 Å². The van der Waals surface area contributed by atoms with E-state index >= 15 is 0 Å². The molecule has 0 saturated carbocycles. The van der Waals surface area contributed by atoms with Crippen LogP contribution in [0.2, 0.25) is 0 Å². The zero-order valence-electron chi connectivity index (χ0n) is 9.16. The Hall–Kier alpha value is -1.42. The molecule has 1 aromatic rings. The molecule has 0 aliphatic carbocycles. The van der Waals surface area contributed by atoms with Gasteiger partial charge in [0.2, 0.25) is 0 Å². The average Bonchev–Trinajstić information content (AvgIpc) is 2.26. The second-order valence-electron chi connectivity index (χ2n) is 3.48. The van der Waals surface area contributed by atoms with Gasteiger partial charge in [-0.1, -0.05) is 13.0 Å². The first kappa shape index (κ1) is 11.7. The number of hydrogen-bond acceptors (Lipinski definition) is 3. The quantitative estimate of drug-likeness (QED) is 0.769. The summed E-state index contributed by atoms with van der Waals surface area (Å²) in [6, 6.07) is 3.70. The van der Waals surface area contributed by atoms with E-state index in [2.05, 4.69) is 10.3 Å². The normalized spacial score (nSPS) is 12.2. The number of carbonyl (C=O) groups is 1. The maximum Gasteiger partial charge on any atom is 0.270 e. The fourth-order valence-electron chi connectivity index (χ4n) is 1.30. The Balaban J connectivity index is 2.73. The molecule has 1 aromatic heterocycles. The van der Waals surface area contributed by atoms with E-state index in [-0.39, 0.29) is 11.9 Å². The van der Waals surface area contributed by atoms with Gasteiger partial charge in [-0.15, -0.1) is 0 Å². The van der Waals surface area contributed by atoms with Crippen LogP contribution < -0.4 is 11.1 Å². The Morgan fingerprint density at radius 1 is 1.67 bits per heavy atom. The zero-order valence-corrected chi connectivity index (χ0v) is 9.16. The smallest absolute Gasteiger partial charge is 0.270 e. The van der Waals surface area contributed by atoms with E-state index in [1.165, 1.54) is 0 Å². The lowest BCUT2D eigenvalue weighted by atomic mass is 10.2. The van der Waals surface area contributed by atoms with Crippen molar-refractivity contribution in [2.45, 2.75) is 26.3 Å². The first-order chi connectivity index (χ1) is 7.19. The van der Waals surface area contributed by atoms with Gasteiger partial charge < -0.3 is 11.1 Å². The van der Waals surface area contributed by atoms with Crippen molar-refractivity contribution < 1.29 is 4.79 Å². The first-order valence-electron chi connectivity index (χ1n) is 5.11. The van der Waals surface area contributed by atoms with Crippen molar-refractivity contribution in [2.75, 3.05) is 6.54 Å². The molecule has 0 aromatic carbocycles. The zero-order chi connectivity index (χ0) is 11.3. The van der Waals surface area contributed by atoms with E-state index < -0.39 is 0 Å². The molecule has 4 heteroatoms. The highest BCUT2D eigenvalue weighted by atomic mass is 16.1. The molecule has 0 saturated heterocycles. The van der Waals surface area contributed by atoms with Gasteiger partial charge in [0.1, 0.15) is 5.69 Å². The molecule has 1 unspecified atom stereocenters. The summed E-state index contributed by atoms with van der Waals surface area (Å²) < 4.78 is 0. The van der Waals surface area contributed by atoms with Gasteiger partial charge in [0.15, 0.2) is 0 Å².